The minimum absolute atomic E-state index is 0.165. The molecule has 3 rings (SSSR count). The molecule has 1 aromatic heterocycles. The van der Waals surface area contributed by atoms with Gasteiger partial charge in [-0.2, -0.15) is 0 Å². The molecule has 160 valence electrons. The third kappa shape index (κ3) is 6.53. The summed E-state index contributed by atoms with van der Waals surface area (Å²) in [4.78, 5) is 3.35. The first kappa shape index (κ1) is 22.3. The van der Waals surface area contributed by atoms with Gasteiger partial charge in [-0.3, -0.25) is 4.72 Å². The Balaban J connectivity index is 1.46. The molecule has 1 aliphatic heterocycles. The summed E-state index contributed by atoms with van der Waals surface area (Å²) >= 11 is 7.29. The van der Waals surface area contributed by atoms with Crippen molar-refractivity contribution in [1.82, 2.24) is 10.3 Å². The first-order valence-corrected chi connectivity index (χ1v) is 12.6. The summed E-state index contributed by atoms with van der Waals surface area (Å²) in [6.45, 7) is 1.80. The van der Waals surface area contributed by atoms with Gasteiger partial charge < -0.3 is 10.6 Å². The van der Waals surface area contributed by atoms with E-state index in [2.05, 4.69) is 20.3 Å². The van der Waals surface area contributed by atoms with E-state index in [-0.39, 0.29) is 10.2 Å². The van der Waals surface area contributed by atoms with Gasteiger partial charge in [-0.05, 0) is 44.4 Å². The number of nitrogens with one attached hydrogen (secondary N) is 3. The van der Waals surface area contributed by atoms with Crippen molar-refractivity contribution in [2.24, 2.45) is 0 Å². The number of aromatic nitrogens is 1. The first-order valence-electron chi connectivity index (χ1n) is 9.84. The van der Waals surface area contributed by atoms with E-state index in [4.69, 9.17) is 11.6 Å². The summed E-state index contributed by atoms with van der Waals surface area (Å²) in [6.07, 6.45) is 9.68. The second-order valence-electron chi connectivity index (χ2n) is 7.13. The Morgan fingerprint density at radius 2 is 2.10 bits per heavy atom. The van der Waals surface area contributed by atoms with Crippen LogP contribution in [-0.4, -0.2) is 32.5 Å². The van der Waals surface area contributed by atoms with E-state index in [0.29, 0.717) is 18.3 Å². The molecular formula is C19H26ClFN4O2S2. The van der Waals surface area contributed by atoms with Crippen molar-refractivity contribution in [2.75, 3.05) is 23.1 Å². The van der Waals surface area contributed by atoms with E-state index in [0.717, 1.165) is 42.9 Å². The highest BCUT2D eigenvalue weighted by Gasteiger charge is 2.22. The van der Waals surface area contributed by atoms with Crippen molar-refractivity contribution < 1.29 is 12.8 Å². The molecule has 0 spiro atoms. The average molecular weight is 461 g/mol. The van der Waals surface area contributed by atoms with Crippen molar-refractivity contribution in [3.05, 3.63) is 34.5 Å². The van der Waals surface area contributed by atoms with Crippen molar-refractivity contribution in [3.63, 3.8) is 0 Å². The molecule has 0 aliphatic carbocycles. The Labute approximate surface area is 180 Å². The van der Waals surface area contributed by atoms with E-state index in [1.54, 1.807) is 5.38 Å². The third-order valence-electron chi connectivity index (χ3n) is 4.92. The van der Waals surface area contributed by atoms with Gasteiger partial charge >= 0.3 is 0 Å². The highest BCUT2D eigenvalue weighted by atomic mass is 35.5. The summed E-state index contributed by atoms with van der Waals surface area (Å²) in [7, 11) is -4.09. The molecule has 6 nitrogen and oxygen atoms in total. The molecule has 29 heavy (non-hydrogen) atoms. The molecule has 1 aliphatic rings. The van der Waals surface area contributed by atoms with Crippen LogP contribution in [-0.2, 0) is 10.0 Å². The van der Waals surface area contributed by atoms with Crippen LogP contribution in [0.4, 0.5) is 15.2 Å². The van der Waals surface area contributed by atoms with Crippen LogP contribution in [0.1, 0.15) is 44.9 Å². The molecule has 1 fully saturated rings. The maximum Gasteiger partial charge on any atom is 0.266 e. The van der Waals surface area contributed by atoms with Crippen LogP contribution < -0.4 is 15.4 Å². The van der Waals surface area contributed by atoms with Crippen LogP contribution in [0.15, 0.2) is 28.6 Å². The molecule has 0 bridgehead atoms. The number of rotatable bonds is 11. The van der Waals surface area contributed by atoms with E-state index < -0.39 is 20.7 Å². The van der Waals surface area contributed by atoms with Gasteiger partial charge in [0, 0.05) is 24.2 Å². The van der Waals surface area contributed by atoms with Crippen molar-refractivity contribution in [1.29, 1.82) is 0 Å². The Bertz CT molecular complexity index is 888. The topological polar surface area (TPSA) is 83.1 Å². The van der Waals surface area contributed by atoms with Crippen molar-refractivity contribution >= 4 is 43.8 Å². The minimum Gasteiger partial charge on any atom is -0.384 e. The number of hydrogen-bond donors (Lipinski definition) is 3. The molecule has 0 amide bonds. The molecule has 1 atom stereocenters. The molecule has 3 N–H and O–H groups in total. The number of unbranched alkanes of at least 4 members (excludes halogenated alkanes) is 3. The molecule has 0 radical (unpaired) electrons. The van der Waals surface area contributed by atoms with Gasteiger partial charge in [0.05, 0.1) is 10.7 Å². The Morgan fingerprint density at radius 1 is 1.28 bits per heavy atom. The number of anilines is 2. The summed E-state index contributed by atoms with van der Waals surface area (Å²) in [5.41, 5.74) is 0.396. The highest BCUT2D eigenvalue weighted by Crippen LogP contribution is 2.29. The molecule has 0 unspecified atom stereocenters. The predicted octanol–water partition coefficient (Wildman–Crippen LogP) is 4.85. The maximum absolute atomic E-state index is 14.4. The van der Waals surface area contributed by atoms with Gasteiger partial charge in [0.15, 0.2) is 5.13 Å². The standard InChI is InChI=1S/C19H26ClFN4O2S2/c20-15-12-18(29(26,27)25-19-24-10-11-28-19)16(21)13-17(15)23-8-4-2-1-3-6-14-7-5-9-22-14/h10-14,22-23H,1-9H2,(H,24,25)/t14-/m1/s1. The fourth-order valence-corrected chi connectivity index (χ4v) is 5.58. The van der Waals surface area contributed by atoms with Gasteiger partial charge in [-0.15, -0.1) is 11.3 Å². The quantitative estimate of drug-likeness (QED) is 0.417. The Kier molecular flexibility index (Phi) is 8.11. The van der Waals surface area contributed by atoms with E-state index in [9.17, 15) is 12.8 Å². The molecule has 1 aromatic carbocycles. The lowest BCUT2D eigenvalue weighted by Gasteiger charge is -2.12. The number of nitrogens with zero attached hydrogens (tertiary/aromatic N) is 1. The lowest BCUT2D eigenvalue weighted by Crippen LogP contribution is -2.20. The van der Waals surface area contributed by atoms with Crippen LogP contribution in [0.5, 0.6) is 0 Å². The van der Waals surface area contributed by atoms with E-state index in [1.165, 1.54) is 38.3 Å². The van der Waals surface area contributed by atoms with Gasteiger partial charge in [-0.1, -0.05) is 30.9 Å². The second kappa shape index (κ2) is 10.6. The lowest BCUT2D eigenvalue weighted by atomic mass is 10.1. The summed E-state index contributed by atoms with van der Waals surface area (Å²) < 4.78 is 41.4. The summed E-state index contributed by atoms with van der Waals surface area (Å²) in [6, 6.07) is 2.95. The van der Waals surface area contributed by atoms with Gasteiger partial charge in [0.25, 0.3) is 10.0 Å². The molecule has 2 aromatic rings. The van der Waals surface area contributed by atoms with Gasteiger partial charge in [0.1, 0.15) is 10.7 Å². The van der Waals surface area contributed by atoms with Crippen molar-refractivity contribution in [2.45, 2.75) is 55.9 Å². The zero-order valence-corrected chi connectivity index (χ0v) is 18.5. The number of sulfonamides is 1. The van der Waals surface area contributed by atoms with Gasteiger partial charge in [-0.25, -0.2) is 17.8 Å². The number of benzene rings is 1. The monoisotopic (exact) mass is 460 g/mol. The highest BCUT2D eigenvalue weighted by molar-refractivity contribution is 7.93. The number of hydrogen-bond acceptors (Lipinski definition) is 6. The largest absolute Gasteiger partial charge is 0.384 e. The zero-order valence-electron chi connectivity index (χ0n) is 16.1. The summed E-state index contributed by atoms with van der Waals surface area (Å²) in [5.74, 6) is -0.856. The zero-order chi connectivity index (χ0) is 20.7. The van der Waals surface area contributed by atoms with Crippen LogP contribution in [0.25, 0.3) is 0 Å². The lowest BCUT2D eigenvalue weighted by molar-refractivity contribution is 0.511. The molecule has 0 saturated carbocycles. The smallest absolute Gasteiger partial charge is 0.266 e. The van der Waals surface area contributed by atoms with Crippen LogP contribution in [0.3, 0.4) is 0 Å². The molecule has 2 heterocycles. The third-order valence-corrected chi connectivity index (χ3v) is 7.41. The Hall–Kier alpha value is -1.42. The van der Waals surface area contributed by atoms with E-state index >= 15 is 0 Å². The van der Waals surface area contributed by atoms with Crippen LogP contribution >= 0.6 is 22.9 Å². The fourth-order valence-electron chi connectivity index (χ4n) is 3.41. The predicted molar refractivity (Wildman–Crippen MR) is 117 cm³/mol. The fraction of sp³-hybridized carbons (Fsp3) is 0.526. The molecular weight excluding hydrogens is 435 g/mol. The van der Waals surface area contributed by atoms with Crippen molar-refractivity contribution in [3.8, 4) is 0 Å². The molecule has 10 heteroatoms. The molecule has 1 saturated heterocycles. The van der Waals surface area contributed by atoms with Crippen LogP contribution in [0, 0.1) is 5.82 Å². The number of halogens is 2. The first-order chi connectivity index (χ1) is 14.0. The average Bonchev–Trinajstić information content (AvgIpc) is 3.37. The number of thiazole rings is 1. The van der Waals surface area contributed by atoms with Gasteiger partial charge in [0.2, 0.25) is 0 Å². The maximum atomic E-state index is 14.4. The normalized spacial score (nSPS) is 16.8. The minimum atomic E-state index is -4.09. The van der Waals surface area contributed by atoms with Crippen LogP contribution in [0.2, 0.25) is 5.02 Å². The Morgan fingerprint density at radius 3 is 2.83 bits per heavy atom. The second-order valence-corrected chi connectivity index (χ2v) is 10.1. The SMILES string of the molecule is O=S(=O)(Nc1nccs1)c1cc(Cl)c(NCCCCCC[C@@H]2CCCN2)cc1F. The summed E-state index contributed by atoms with van der Waals surface area (Å²) in [5, 5.41) is 8.57. The van der Waals surface area contributed by atoms with E-state index in [1.807, 2.05) is 0 Å².